The van der Waals surface area contributed by atoms with Gasteiger partial charge in [-0.2, -0.15) is 0 Å². The number of rotatable bonds is 2. The Morgan fingerprint density at radius 1 is 1.36 bits per heavy atom. The maximum atomic E-state index is 5.86. The molecule has 74 valence electrons. The van der Waals surface area contributed by atoms with Crippen molar-refractivity contribution in [3.8, 4) is 0 Å². The zero-order valence-electron chi connectivity index (χ0n) is 7.37. The second-order valence-electron chi connectivity index (χ2n) is 2.81. The van der Waals surface area contributed by atoms with Gasteiger partial charge in [-0.25, -0.2) is 0 Å². The van der Waals surface area contributed by atoms with E-state index in [2.05, 4.69) is 10.2 Å². The topological polar surface area (TPSA) is 30.7 Å². The van der Waals surface area contributed by atoms with Gasteiger partial charge in [0.1, 0.15) is 5.82 Å². The molecule has 2 rings (SSSR count). The van der Waals surface area contributed by atoms with Crippen molar-refractivity contribution in [3.05, 3.63) is 32.5 Å². The first kappa shape index (κ1) is 9.96. The fourth-order valence-corrected chi connectivity index (χ4v) is 2.42. The van der Waals surface area contributed by atoms with E-state index in [-0.39, 0.29) is 0 Å². The first-order valence-corrected chi connectivity index (χ1v) is 5.53. The standard InChI is InChI=1S/C8H7Cl2N3S/c1-5-11-12-8(10)13(5)4-6-2-3-7(9)14-6/h2-3H,4H2,1H3. The Morgan fingerprint density at radius 3 is 2.64 bits per heavy atom. The van der Waals surface area contributed by atoms with Crippen LogP contribution in [0.25, 0.3) is 0 Å². The van der Waals surface area contributed by atoms with Gasteiger partial charge in [-0.15, -0.1) is 21.5 Å². The van der Waals surface area contributed by atoms with Crippen LogP contribution >= 0.6 is 34.5 Å². The van der Waals surface area contributed by atoms with Crippen LogP contribution in [0, 0.1) is 6.92 Å². The lowest BCUT2D eigenvalue weighted by Gasteiger charge is -2.01. The Bertz CT molecular complexity index is 430. The molecule has 14 heavy (non-hydrogen) atoms. The van der Waals surface area contributed by atoms with Gasteiger partial charge < -0.3 is 0 Å². The minimum Gasteiger partial charge on any atom is -0.297 e. The monoisotopic (exact) mass is 247 g/mol. The lowest BCUT2D eigenvalue weighted by atomic mass is 10.4. The van der Waals surface area contributed by atoms with Crippen molar-refractivity contribution in [3.63, 3.8) is 0 Å². The number of halogens is 2. The molecule has 0 aliphatic carbocycles. The largest absolute Gasteiger partial charge is 0.297 e. The van der Waals surface area contributed by atoms with Crippen molar-refractivity contribution >= 4 is 34.5 Å². The molecular weight excluding hydrogens is 241 g/mol. The normalized spacial score (nSPS) is 10.8. The quantitative estimate of drug-likeness (QED) is 0.817. The van der Waals surface area contributed by atoms with E-state index in [1.807, 2.05) is 23.6 Å². The van der Waals surface area contributed by atoms with Gasteiger partial charge in [0.05, 0.1) is 10.9 Å². The molecule has 0 aliphatic heterocycles. The van der Waals surface area contributed by atoms with Crippen LogP contribution in [0.4, 0.5) is 0 Å². The zero-order chi connectivity index (χ0) is 10.1. The third kappa shape index (κ3) is 1.92. The highest BCUT2D eigenvalue weighted by molar-refractivity contribution is 7.16. The number of hydrogen-bond donors (Lipinski definition) is 0. The van der Waals surface area contributed by atoms with E-state index in [0.717, 1.165) is 15.0 Å². The summed E-state index contributed by atoms with van der Waals surface area (Å²) in [4.78, 5) is 1.14. The summed E-state index contributed by atoms with van der Waals surface area (Å²) < 4.78 is 2.62. The lowest BCUT2D eigenvalue weighted by Crippen LogP contribution is -2.00. The minimum absolute atomic E-state index is 0.409. The van der Waals surface area contributed by atoms with E-state index in [1.54, 1.807) is 0 Å². The van der Waals surface area contributed by atoms with E-state index in [0.29, 0.717) is 11.8 Å². The van der Waals surface area contributed by atoms with Crippen molar-refractivity contribution in [1.82, 2.24) is 14.8 Å². The minimum atomic E-state index is 0.409. The molecule has 6 heteroatoms. The molecule has 0 unspecified atom stereocenters. The molecule has 3 nitrogen and oxygen atoms in total. The van der Waals surface area contributed by atoms with E-state index < -0.39 is 0 Å². The van der Waals surface area contributed by atoms with Crippen LogP contribution in [0.2, 0.25) is 9.62 Å². The van der Waals surface area contributed by atoms with E-state index in [1.165, 1.54) is 11.3 Å². The first-order valence-electron chi connectivity index (χ1n) is 3.96. The summed E-state index contributed by atoms with van der Waals surface area (Å²) in [5.74, 6) is 0.805. The van der Waals surface area contributed by atoms with Crippen LogP contribution in [-0.2, 0) is 6.54 Å². The molecule has 0 saturated carbocycles. The van der Waals surface area contributed by atoms with Crippen LogP contribution in [0.15, 0.2) is 12.1 Å². The summed E-state index contributed by atoms with van der Waals surface area (Å²) in [7, 11) is 0. The second kappa shape index (κ2) is 3.88. The van der Waals surface area contributed by atoms with Gasteiger partial charge in [0.2, 0.25) is 5.28 Å². The Balaban J connectivity index is 2.26. The number of thiophene rings is 1. The van der Waals surface area contributed by atoms with Crippen molar-refractivity contribution in [2.45, 2.75) is 13.5 Å². The molecule has 0 bridgehead atoms. The van der Waals surface area contributed by atoms with E-state index >= 15 is 0 Å². The molecule has 0 spiro atoms. The summed E-state index contributed by atoms with van der Waals surface area (Å²) in [6.07, 6.45) is 0. The predicted molar refractivity (Wildman–Crippen MR) is 58.2 cm³/mol. The van der Waals surface area contributed by atoms with Gasteiger partial charge in [0.25, 0.3) is 0 Å². The van der Waals surface area contributed by atoms with Gasteiger partial charge in [-0.1, -0.05) is 11.6 Å². The molecule has 2 aromatic rings. The molecule has 0 atom stereocenters. The van der Waals surface area contributed by atoms with Gasteiger partial charge in [-0.05, 0) is 30.7 Å². The highest BCUT2D eigenvalue weighted by Gasteiger charge is 2.07. The van der Waals surface area contributed by atoms with Crippen LogP contribution in [-0.4, -0.2) is 14.8 Å². The van der Waals surface area contributed by atoms with E-state index in [9.17, 15) is 0 Å². The highest BCUT2D eigenvalue weighted by atomic mass is 35.5. The fraction of sp³-hybridized carbons (Fsp3) is 0.250. The predicted octanol–water partition coefficient (Wildman–Crippen LogP) is 3.00. The van der Waals surface area contributed by atoms with E-state index in [4.69, 9.17) is 23.2 Å². The van der Waals surface area contributed by atoms with Crippen LogP contribution in [0.3, 0.4) is 0 Å². The number of aryl methyl sites for hydroxylation is 1. The molecule has 0 fully saturated rings. The number of hydrogen-bond acceptors (Lipinski definition) is 3. The summed E-state index contributed by atoms with van der Waals surface area (Å²) in [5.41, 5.74) is 0. The molecule has 2 aromatic heterocycles. The third-order valence-corrected chi connectivity index (χ3v) is 3.33. The average Bonchev–Trinajstić information content (AvgIpc) is 2.67. The Morgan fingerprint density at radius 2 is 2.14 bits per heavy atom. The van der Waals surface area contributed by atoms with Crippen molar-refractivity contribution in [1.29, 1.82) is 0 Å². The maximum absolute atomic E-state index is 5.86. The molecule has 0 aliphatic rings. The second-order valence-corrected chi connectivity index (χ2v) is 4.95. The van der Waals surface area contributed by atoms with Gasteiger partial charge in [-0.3, -0.25) is 4.57 Å². The molecule has 0 aromatic carbocycles. The van der Waals surface area contributed by atoms with Crippen LogP contribution in [0.5, 0.6) is 0 Å². The Hall–Kier alpha value is -0.580. The molecule has 0 N–H and O–H groups in total. The fourth-order valence-electron chi connectivity index (χ4n) is 1.13. The van der Waals surface area contributed by atoms with Crippen molar-refractivity contribution < 1.29 is 0 Å². The summed E-state index contributed by atoms with van der Waals surface area (Å²) >= 11 is 13.2. The van der Waals surface area contributed by atoms with Crippen molar-refractivity contribution in [2.75, 3.05) is 0 Å². The Labute approximate surface area is 95.3 Å². The zero-order valence-corrected chi connectivity index (χ0v) is 9.70. The van der Waals surface area contributed by atoms with Gasteiger partial charge >= 0.3 is 0 Å². The maximum Gasteiger partial charge on any atom is 0.225 e. The summed E-state index contributed by atoms with van der Waals surface area (Å²) in [6, 6.07) is 3.85. The third-order valence-electron chi connectivity index (χ3n) is 1.83. The lowest BCUT2D eigenvalue weighted by molar-refractivity contribution is 0.772. The molecule has 2 heterocycles. The number of aromatic nitrogens is 3. The van der Waals surface area contributed by atoms with Gasteiger partial charge in [0.15, 0.2) is 0 Å². The summed E-state index contributed by atoms with van der Waals surface area (Å²) in [6.45, 7) is 2.54. The molecular formula is C8H7Cl2N3S. The molecule has 0 radical (unpaired) electrons. The highest BCUT2D eigenvalue weighted by Crippen LogP contribution is 2.23. The average molecular weight is 248 g/mol. The SMILES string of the molecule is Cc1nnc(Cl)n1Cc1ccc(Cl)s1. The Kier molecular flexibility index (Phi) is 2.76. The molecule has 0 amide bonds. The number of nitrogens with zero attached hydrogens (tertiary/aromatic N) is 3. The van der Waals surface area contributed by atoms with Crippen LogP contribution in [0.1, 0.15) is 10.7 Å². The van der Waals surface area contributed by atoms with Gasteiger partial charge in [0, 0.05) is 4.88 Å². The van der Waals surface area contributed by atoms with Crippen molar-refractivity contribution in [2.24, 2.45) is 0 Å². The van der Waals surface area contributed by atoms with Crippen LogP contribution < -0.4 is 0 Å². The smallest absolute Gasteiger partial charge is 0.225 e. The molecule has 0 saturated heterocycles. The first-order chi connectivity index (χ1) is 6.66. The summed E-state index contributed by atoms with van der Waals surface area (Å²) in [5, 5.41) is 8.05.